The zero-order chi connectivity index (χ0) is 23.1. The van der Waals surface area contributed by atoms with Crippen molar-refractivity contribution >= 4 is 17.5 Å². The second-order valence-electron chi connectivity index (χ2n) is 9.00. The van der Waals surface area contributed by atoms with Crippen molar-refractivity contribution in [3.8, 4) is 17.0 Å². The van der Waals surface area contributed by atoms with Crippen LogP contribution in [0.15, 0.2) is 54.6 Å². The van der Waals surface area contributed by atoms with Crippen molar-refractivity contribution in [2.75, 3.05) is 20.3 Å². The lowest BCUT2D eigenvalue weighted by atomic mass is 9.99. The summed E-state index contributed by atoms with van der Waals surface area (Å²) in [5.41, 5.74) is 4.89. The molecule has 0 spiro atoms. The van der Waals surface area contributed by atoms with E-state index in [1.54, 1.807) is 7.11 Å². The molecule has 2 aromatic carbocycles. The molecule has 172 valence electrons. The largest absolute Gasteiger partial charge is 0.496 e. The first-order valence-electron chi connectivity index (χ1n) is 11.6. The number of benzene rings is 2. The molecule has 5 rings (SSSR count). The van der Waals surface area contributed by atoms with Crippen LogP contribution in [0.1, 0.15) is 60.4 Å². The fourth-order valence-corrected chi connectivity index (χ4v) is 5.43. The van der Waals surface area contributed by atoms with Gasteiger partial charge in [0.15, 0.2) is 0 Å². The monoisotopic (exact) mass is 464 g/mol. The number of ether oxygens (including phenoxy) is 2. The molecule has 2 aliphatic heterocycles. The van der Waals surface area contributed by atoms with Crippen molar-refractivity contribution in [1.29, 1.82) is 0 Å². The number of aromatic nitrogens is 1. The average molecular weight is 465 g/mol. The first kappa shape index (κ1) is 22.1. The Labute approximate surface area is 199 Å². The van der Waals surface area contributed by atoms with Crippen LogP contribution in [0.25, 0.3) is 11.3 Å². The average Bonchev–Trinajstić information content (AvgIpc) is 3.35. The normalized spacial score (nSPS) is 18.8. The Hall–Kier alpha value is -2.76. The number of carbonyl (C=O) groups is 1. The third kappa shape index (κ3) is 3.73. The fourth-order valence-electron chi connectivity index (χ4n) is 5.30. The van der Waals surface area contributed by atoms with Crippen LogP contribution >= 0.6 is 11.6 Å². The van der Waals surface area contributed by atoms with Crippen molar-refractivity contribution in [2.45, 2.75) is 44.8 Å². The van der Waals surface area contributed by atoms with Crippen LogP contribution in [-0.4, -0.2) is 41.7 Å². The molecule has 2 aliphatic rings. The van der Waals surface area contributed by atoms with Crippen LogP contribution in [0.4, 0.5) is 0 Å². The zero-order valence-corrected chi connectivity index (χ0v) is 20.0. The number of para-hydroxylation sites is 1. The van der Waals surface area contributed by atoms with Crippen LogP contribution < -0.4 is 4.74 Å². The van der Waals surface area contributed by atoms with Gasteiger partial charge in [0.1, 0.15) is 5.75 Å². The topological polar surface area (TPSA) is 43.7 Å². The molecule has 1 amide bonds. The molecule has 0 bridgehead atoms. The van der Waals surface area contributed by atoms with Crippen molar-refractivity contribution in [1.82, 2.24) is 9.47 Å². The summed E-state index contributed by atoms with van der Waals surface area (Å²) in [4.78, 5) is 16.0. The van der Waals surface area contributed by atoms with Gasteiger partial charge in [-0.2, -0.15) is 0 Å². The summed E-state index contributed by atoms with van der Waals surface area (Å²) in [5, 5.41) is 0.690. The molecule has 1 aromatic heterocycles. The van der Waals surface area contributed by atoms with E-state index in [1.807, 2.05) is 42.5 Å². The van der Waals surface area contributed by atoms with Gasteiger partial charge in [0.25, 0.3) is 5.91 Å². The van der Waals surface area contributed by atoms with Crippen LogP contribution in [-0.2, 0) is 4.74 Å². The minimum atomic E-state index is -0.168. The summed E-state index contributed by atoms with van der Waals surface area (Å²) in [7, 11) is 1.68. The SMILES string of the molecule is COc1ccccc1-c1cc2c(n1C(C)C)C(c1ccc(Cl)cc1)N(C1CCOCC1)C2=O. The second kappa shape index (κ2) is 8.88. The highest BCUT2D eigenvalue weighted by Gasteiger charge is 2.45. The van der Waals surface area contributed by atoms with E-state index in [1.165, 1.54) is 0 Å². The van der Waals surface area contributed by atoms with Gasteiger partial charge in [-0.15, -0.1) is 0 Å². The predicted octanol–water partition coefficient (Wildman–Crippen LogP) is 6.12. The standard InChI is InChI=1S/C27H29ClN2O3/c1-17(2)29-23(21-6-4-5-7-24(21)32-3)16-22-26(29)25(18-8-10-19(28)11-9-18)30(27(22)31)20-12-14-33-15-13-20/h4-11,16-17,20,25H,12-15H2,1-3H3. The maximum Gasteiger partial charge on any atom is 0.256 e. The maximum atomic E-state index is 13.9. The minimum absolute atomic E-state index is 0.0902. The van der Waals surface area contributed by atoms with Gasteiger partial charge in [0, 0.05) is 35.9 Å². The van der Waals surface area contributed by atoms with E-state index in [9.17, 15) is 4.79 Å². The van der Waals surface area contributed by atoms with Gasteiger partial charge in [-0.05, 0) is 62.6 Å². The van der Waals surface area contributed by atoms with Gasteiger partial charge >= 0.3 is 0 Å². The molecule has 6 heteroatoms. The van der Waals surface area contributed by atoms with E-state index in [0.717, 1.165) is 46.7 Å². The lowest BCUT2D eigenvalue weighted by molar-refractivity contribution is 0.0242. The van der Waals surface area contributed by atoms with Crippen LogP contribution in [0.5, 0.6) is 5.75 Å². The predicted molar refractivity (Wildman–Crippen MR) is 130 cm³/mol. The quantitative estimate of drug-likeness (QED) is 0.456. The second-order valence-corrected chi connectivity index (χ2v) is 9.44. The van der Waals surface area contributed by atoms with Gasteiger partial charge in [0.2, 0.25) is 0 Å². The Morgan fingerprint density at radius 1 is 1.03 bits per heavy atom. The fraction of sp³-hybridized carbons (Fsp3) is 0.370. The molecule has 1 atom stereocenters. The summed E-state index contributed by atoms with van der Waals surface area (Å²) >= 11 is 6.22. The Kier molecular flexibility index (Phi) is 5.94. The van der Waals surface area contributed by atoms with Gasteiger partial charge in [-0.1, -0.05) is 35.9 Å². The molecule has 5 nitrogen and oxygen atoms in total. The molecule has 33 heavy (non-hydrogen) atoms. The highest BCUT2D eigenvalue weighted by molar-refractivity contribution is 6.30. The highest BCUT2D eigenvalue weighted by atomic mass is 35.5. The van der Waals surface area contributed by atoms with Crippen molar-refractivity contribution in [3.05, 3.63) is 76.4 Å². The van der Waals surface area contributed by atoms with E-state index >= 15 is 0 Å². The van der Waals surface area contributed by atoms with E-state index in [-0.39, 0.29) is 24.0 Å². The number of hydrogen-bond donors (Lipinski definition) is 0. The molecule has 0 aliphatic carbocycles. The Bertz CT molecular complexity index is 1160. The lowest BCUT2D eigenvalue weighted by Gasteiger charge is -2.37. The number of halogens is 1. The third-order valence-electron chi connectivity index (χ3n) is 6.75. The van der Waals surface area contributed by atoms with E-state index in [0.29, 0.717) is 18.2 Å². The molecule has 1 unspecified atom stereocenters. The number of nitrogens with zero attached hydrogens (tertiary/aromatic N) is 2. The molecular formula is C27H29ClN2O3. The van der Waals surface area contributed by atoms with Gasteiger partial charge < -0.3 is 18.9 Å². The number of carbonyl (C=O) groups excluding carboxylic acids is 1. The van der Waals surface area contributed by atoms with E-state index < -0.39 is 0 Å². The molecule has 1 saturated heterocycles. The summed E-state index contributed by atoms with van der Waals surface area (Å²) in [6, 6.07) is 18.1. The van der Waals surface area contributed by atoms with Crippen LogP contribution in [0.2, 0.25) is 5.02 Å². The summed E-state index contributed by atoms with van der Waals surface area (Å²) in [6.45, 7) is 5.70. The number of methoxy groups -OCH3 is 1. The van der Waals surface area contributed by atoms with Crippen molar-refractivity contribution < 1.29 is 14.3 Å². The molecule has 1 fully saturated rings. The first-order chi connectivity index (χ1) is 16.0. The molecular weight excluding hydrogens is 436 g/mol. The van der Waals surface area contributed by atoms with Crippen molar-refractivity contribution in [2.24, 2.45) is 0 Å². The highest BCUT2D eigenvalue weighted by Crippen LogP contribution is 2.47. The Morgan fingerprint density at radius 2 is 1.73 bits per heavy atom. The van der Waals surface area contributed by atoms with Crippen LogP contribution in [0, 0.1) is 0 Å². The Morgan fingerprint density at radius 3 is 2.39 bits per heavy atom. The molecule has 0 saturated carbocycles. The van der Waals surface area contributed by atoms with Gasteiger partial charge in [0.05, 0.1) is 30.1 Å². The smallest absolute Gasteiger partial charge is 0.256 e. The van der Waals surface area contributed by atoms with E-state index in [4.69, 9.17) is 21.1 Å². The molecule has 3 aromatic rings. The number of hydrogen-bond acceptors (Lipinski definition) is 3. The number of rotatable bonds is 5. The Balaban J connectivity index is 1.72. The number of amides is 1. The van der Waals surface area contributed by atoms with Crippen LogP contribution in [0.3, 0.4) is 0 Å². The zero-order valence-electron chi connectivity index (χ0n) is 19.3. The minimum Gasteiger partial charge on any atom is -0.496 e. The molecule has 0 radical (unpaired) electrons. The summed E-state index contributed by atoms with van der Waals surface area (Å²) in [6.07, 6.45) is 1.70. The number of fused-ring (bicyclic) bond motifs is 1. The van der Waals surface area contributed by atoms with Gasteiger partial charge in [-0.3, -0.25) is 4.79 Å². The van der Waals surface area contributed by atoms with Crippen molar-refractivity contribution in [3.63, 3.8) is 0 Å². The summed E-state index contributed by atoms with van der Waals surface area (Å²) in [5.74, 6) is 0.889. The molecule has 0 N–H and O–H groups in total. The summed E-state index contributed by atoms with van der Waals surface area (Å²) < 4.78 is 13.6. The third-order valence-corrected chi connectivity index (χ3v) is 7.00. The first-order valence-corrected chi connectivity index (χ1v) is 11.9. The van der Waals surface area contributed by atoms with Gasteiger partial charge in [-0.25, -0.2) is 0 Å². The lowest BCUT2D eigenvalue weighted by Crippen LogP contribution is -2.42. The molecule has 3 heterocycles. The maximum absolute atomic E-state index is 13.9. The van der Waals surface area contributed by atoms with E-state index in [2.05, 4.69) is 35.4 Å².